The average molecular weight is 671 g/mol. The Bertz CT molecular complexity index is 2340. The zero-order valence-corrected chi connectivity index (χ0v) is 27.9. The third-order valence-corrected chi connectivity index (χ3v) is 9.41. The molecule has 52 heavy (non-hydrogen) atoms. The molecule has 8 aromatic rings. The minimum Gasteiger partial charge on any atom is -0.453 e. The van der Waals surface area contributed by atoms with Gasteiger partial charge >= 0.3 is 0 Å². The second-order valence-corrected chi connectivity index (χ2v) is 12.7. The molecule has 10 rings (SSSR count). The summed E-state index contributed by atoms with van der Waals surface area (Å²) in [6, 6.07) is 61.8. The molecule has 0 radical (unpaired) electrons. The highest BCUT2D eigenvalue weighted by Crippen LogP contribution is 2.54. The van der Waals surface area contributed by atoms with Crippen molar-refractivity contribution in [2.24, 2.45) is 0 Å². The maximum Gasteiger partial charge on any atom is 0.160 e. The Labute approximate surface area is 301 Å². The number of hydrogen-bond acceptors (Lipinski definition) is 6. The molecule has 0 saturated carbocycles. The average Bonchev–Trinajstić information content (AvgIpc) is 3.22. The monoisotopic (exact) mass is 670 g/mol. The van der Waals surface area contributed by atoms with E-state index in [1.165, 1.54) is 0 Å². The van der Waals surface area contributed by atoms with Gasteiger partial charge in [-0.25, -0.2) is 9.97 Å². The van der Waals surface area contributed by atoms with Crippen LogP contribution in [0.25, 0.3) is 33.9 Å². The fourth-order valence-corrected chi connectivity index (χ4v) is 7.04. The predicted molar refractivity (Wildman–Crippen MR) is 208 cm³/mol. The minimum absolute atomic E-state index is 0.618. The maximum absolute atomic E-state index is 6.42. The molecule has 0 saturated heterocycles. The number of nitrogens with zero attached hydrogens (tertiary/aromatic N) is 4. The van der Waals surface area contributed by atoms with Gasteiger partial charge in [-0.05, 0) is 72.8 Å². The van der Waals surface area contributed by atoms with E-state index in [1.807, 2.05) is 109 Å². The van der Waals surface area contributed by atoms with E-state index in [4.69, 9.17) is 19.4 Å². The summed E-state index contributed by atoms with van der Waals surface area (Å²) in [5.41, 5.74) is 10.2. The molecule has 0 N–H and O–H groups in total. The van der Waals surface area contributed by atoms with Gasteiger partial charge in [0.2, 0.25) is 0 Å². The van der Waals surface area contributed by atoms with Crippen molar-refractivity contribution in [1.82, 2.24) is 9.97 Å². The van der Waals surface area contributed by atoms with Gasteiger partial charge in [-0.2, -0.15) is 0 Å². The second-order valence-electron chi connectivity index (χ2n) is 12.7. The fourth-order valence-electron chi connectivity index (χ4n) is 7.04. The van der Waals surface area contributed by atoms with Gasteiger partial charge < -0.3 is 19.3 Å². The van der Waals surface area contributed by atoms with E-state index < -0.39 is 0 Å². The zero-order chi connectivity index (χ0) is 34.4. The molecule has 6 heteroatoms. The molecule has 0 bridgehead atoms. The van der Waals surface area contributed by atoms with E-state index in [1.54, 1.807) is 0 Å². The second kappa shape index (κ2) is 12.3. The highest BCUT2D eigenvalue weighted by atomic mass is 16.5. The Hall–Kier alpha value is -7.18. The Kier molecular flexibility index (Phi) is 7.03. The van der Waals surface area contributed by atoms with E-state index in [0.29, 0.717) is 5.82 Å². The van der Waals surface area contributed by atoms with Crippen molar-refractivity contribution >= 4 is 34.1 Å². The quantitative estimate of drug-likeness (QED) is 0.182. The van der Waals surface area contributed by atoms with Crippen LogP contribution in [0.5, 0.6) is 23.0 Å². The van der Waals surface area contributed by atoms with Crippen LogP contribution >= 0.6 is 0 Å². The molecule has 7 aromatic carbocycles. The number of fused-ring (bicyclic) bond motifs is 4. The van der Waals surface area contributed by atoms with Gasteiger partial charge in [-0.3, -0.25) is 0 Å². The molecule has 1 aromatic heterocycles. The smallest absolute Gasteiger partial charge is 0.160 e. The summed E-state index contributed by atoms with van der Waals surface area (Å²) in [4.78, 5) is 15.0. The first kappa shape index (κ1) is 29.7. The fraction of sp³-hybridized carbons (Fsp3) is 0. The first-order valence-corrected chi connectivity index (χ1v) is 17.2. The van der Waals surface area contributed by atoms with E-state index >= 15 is 0 Å². The van der Waals surface area contributed by atoms with Crippen molar-refractivity contribution in [3.63, 3.8) is 0 Å². The summed E-state index contributed by atoms with van der Waals surface area (Å²) in [6.45, 7) is 0. The van der Waals surface area contributed by atoms with Crippen LogP contribution in [-0.2, 0) is 0 Å². The van der Waals surface area contributed by atoms with Crippen LogP contribution in [0.3, 0.4) is 0 Å². The lowest BCUT2D eigenvalue weighted by atomic mass is 10.0. The van der Waals surface area contributed by atoms with Gasteiger partial charge in [0.25, 0.3) is 0 Å². The van der Waals surface area contributed by atoms with Crippen molar-refractivity contribution in [3.05, 3.63) is 182 Å². The van der Waals surface area contributed by atoms with E-state index in [0.717, 1.165) is 85.2 Å². The topological polar surface area (TPSA) is 50.7 Å². The lowest BCUT2D eigenvalue weighted by Gasteiger charge is -2.35. The molecule has 3 heterocycles. The van der Waals surface area contributed by atoms with Crippen molar-refractivity contribution in [1.29, 1.82) is 0 Å². The van der Waals surface area contributed by atoms with Crippen LogP contribution in [0.4, 0.5) is 34.1 Å². The van der Waals surface area contributed by atoms with Crippen molar-refractivity contribution in [2.45, 2.75) is 0 Å². The van der Waals surface area contributed by atoms with E-state index in [9.17, 15) is 0 Å². The standard InChI is InChI=1S/C46H30N4O2/c1-3-15-31(16-4-1)36-30-37(32-17-5-2-6-18-32)48-46(47-36)33-27-34(49-38-19-7-11-23-42(38)51-43-24-12-8-20-39(43)49)29-35(28-33)50-40-21-9-13-25-44(40)52-45-26-14-10-22-41(45)50/h1-30H. The number of hydrogen-bond donors (Lipinski definition) is 0. The maximum atomic E-state index is 6.42. The van der Waals surface area contributed by atoms with Crippen molar-refractivity contribution < 1.29 is 9.47 Å². The molecule has 0 spiro atoms. The third-order valence-electron chi connectivity index (χ3n) is 9.41. The summed E-state index contributed by atoms with van der Waals surface area (Å²) >= 11 is 0. The lowest BCUT2D eigenvalue weighted by Crippen LogP contribution is -2.18. The van der Waals surface area contributed by atoms with Crippen molar-refractivity contribution in [2.75, 3.05) is 9.80 Å². The summed E-state index contributed by atoms with van der Waals surface area (Å²) in [6.07, 6.45) is 0. The molecular weight excluding hydrogens is 641 g/mol. The largest absolute Gasteiger partial charge is 0.453 e. The minimum atomic E-state index is 0.618. The summed E-state index contributed by atoms with van der Waals surface area (Å²) in [5.74, 6) is 3.74. The first-order chi connectivity index (χ1) is 25.8. The van der Waals surface area contributed by atoms with Gasteiger partial charge in [0.1, 0.15) is 0 Å². The summed E-state index contributed by atoms with van der Waals surface area (Å²) in [5, 5.41) is 0. The first-order valence-electron chi connectivity index (χ1n) is 17.2. The third kappa shape index (κ3) is 5.13. The Morgan fingerprint density at radius 2 is 0.673 bits per heavy atom. The van der Waals surface area contributed by atoms with Crippen LogP contribution < -0.4 is 19.3 Å². The van der Waals surface area contributed by atoms with Crippen LogP contribution in [0.2, 0.25) is 0 Å². The Morgan fingerprint density at radius 3 is 1.06 bits per heavy atom. The number of aromatic nitrogens is 2. The summed E-state index contributed by atoms with van der Waals surface area (Å²) < 4.78 is 12.8. The summed E-state index contributed by atoms with van der Waals surface area (Å²) in [7, 11) is 0. The molecule has 0 atom stereocenters. The molecule has 0 amide bonds. The van der Waals surface area contributed by atoms with Gasteiger partial charge in [0.15, 0.2) is 28.8 Å². The molecule has 6 nitrogen and oxygen atoms in total. The zero-order valence-electron chi connectivity index (χ0n) is 27.9. The van der Waals surface area contributed by atoms with Crippen molar-refractivity contribution in [3.8, 4) is 56.9 Å². The molecular formula is C46H30N4O2. The highest BCUT2D eigenvalue weighted by molar-refractivity contribution is 5.93. The Balaban J connectivity index is 1.26. The van der Waals surface area contributed by atoms with Gasteiger partial charge in [0.05, 0.1) is 34.1 Å². The van der Waals surface area contributed by atoms with Gasteiger partial charge in [0, 0.05) is 28.1 Å². The van der Waals surface area contributed by atoms with E-state index in [2.05, 4.69) is 82.6 Å². The van der Waals surface area contributed by atoms with Gasteiger partial charge in [-0.15, -0.1) is 0 Å². The predicted octanol–water partition coefficient (Wildman–Crippen LogP) is 12.6. The molecule has 246 valence electrons. The number of rotatable bonds is 5. The van der Waals surface area contributed by atoms with Gasteiger partial charge in [-0.1, -0.05) is 109 Å². The molecule has 2 aliphatic rings. The number of benzene rings is 7. The number of para-hydroxylation sites is 8. The number of ether oxygens (including phenoxy) is 2. The molecule has 0 aliphatic carbocycles. The highest BCUT2D eigenvalue weighted by Gasteiger charge is 2.30. The van der Waals surface area contributed by atoms with Crippen LogP contribution in [0.1, 0.15) is 0 Å². The van der Waals surface area contributed by atoms with E-state index in [-0.39, 0.29) is 0 Å². The SMILES string of the molecule is c1ccc(-c2cc(-c3ccccc3)nc(-c3cc(N4c5ccccc5Oc5ccccc54)cc(N4c5ccccc5Oc5ccccc54)c3)n2)cc1. The molecule has 0 unspecified atom stereocenters. The van der Waals surface area contributed by atoms with Crippen LogP contribution in [0.15, 0.2) is 182 Å². The van der Waals surface area contributed by atoms with Crippen LogP contribution in [-0.4, -0.2) is 9.97 Å². The number of anilines is 6. The molecule has 2 aliphatic heterocycles. The Morgan fingerprint density at radius 1 is 0.327 bits per heavy atom. The lowest BCUT2D eigenvalue weighted by molar-refractivity contribution is 0.477. The molecule has 0 fully saturated rings. The van der Waals surface area contributed by atoms with Crippen LogP contribution in [0, 0.1) is 0 Å². The normalized spacial score (nSPS) is 12.5.